The maximum absolute atomic E-state index is 13.6. The number of likely N-dealkylation sites (tertiary alicyclic amines) is 1. The molecule has 1 aliphatic heterocycles. The lowest BCUT2D eigenvalue weighted by Crippen LogP contribution is -2.45. The first-order chi connectivity index (χ1) is 9.04. The predicted molar refractivity (Wildman–Crippen MR) is 71.9 cm³/mol. The average Bonchev–Trinajstić information content (AvgIpc) is 2.42. The minimum atomic E-state index is -0.440. The number of halogens is 2. The average molecular weight is 286 g/mol. The lowest BCUT2D eigenvalue weighted by Gasteiger charge is -2.34. The first-order valence-electron chi connectivity index (χ1n) is 6.42. The molecule has 1 amide bonds. The number of carbonyl (C=O) groups excluding carboxylic acids is 1. The van der Waals surface area contributed by atoms with Crippen LogP contribution in [0, 0.1) is 12.7 Å². The van der Waals surface area contributed by atoms with Gasteiger partial charge in [-0.1, -0.05) is 11.6 Å². The van der Waals surface area contributed by atoms with E-state index in [0.717, 1.165) is 19.3 Å². The van der Waals surface area contributed by atoms with Crippen molar-refractivity contribution < 1.29 is 14.3 Å². The zero-order valence-corrected chi connectivity index (χ0v) is 11.6. The number of aliphatic hydroxyl groups excluding tert-OH is 1. The predicted octanol–water partition coefficient (Wildman–Crippen LogP) is 2.77. The van der Waals surface area contributed by atoms with Gasteiger partial charge in [0.05, 0.1) is 23.2 Å². The first-order valence-corrected chi connectivity index (χ1v) is 6.80. The number of piperidine rings is 1. The van der Waals surface area contributed by atoms with Crippen molar-refractivity contribution in [2.24, 2.45) is 0 Å². The zero-order chi connectivity index (χ0) is 14.0. The van der Waals surface area contributed by atoms with Gasteiger partial charge in [0.1, 0.15) is 5.82 Å². The van der Waals surface area contributed by atoms with E-state index in [9.17, 15) is 14.3 Å². The van der Waals surface area contributed by atoms with Gasteiger partial charge in [0.15, 0.2) is 0 Å². The summed E-state index contributed by atoms with van der Waals surface area (Å²) >= 11 is 6.03. The number of rotatable bonds is 2. The Kier molecular flexibility index (Phi) is 4.42. The monoisotopic (exact) mass is 285 g/mol. The van der Waals surface area contributed by atoms with E-state index >= 15 is 0 Å². The van der Waals surface area contributed by atoms with E-state index in [1.165, 1.54) is 12.1 Å². The topological polar surface area (TPSA) is 40.5 Å². The summed E-state index contributed by atoms with van der Waals surface area (Å²) < 4.78 is 13.6. The molecule has 1 aromatic rings. The molecule has 0 saturated carbocycles. The van der Waals surface area contributed by atoms with Gasteiger partial charge >= 0.3 is 0 Å². The number of aryl methyl sites for hydroxylation is 1. The maximum Gasteiger partial charge on any atom is 0.255 e. The Balaban J connectivity index is 2.30. The van der Waals surface area contributed by atoms with Crippen molar-refractivity contribution >= 4 is 17.5 Å². The largest absolute Gasteiger partial charge is 0.394 e. The van der Waals surface area contributed by atoms with E-state index in [1.807, 2.05) is 0 Å². The van der Waals surface area contributed by atoms with E-state index in [-0.39, 0.29) is 29.1 Å². The third kappa shape index (κ3) is 2.90. The van der Waals surface area contributed by atoms with E-state index in [0.29, 0.717) is 12.1 Å². The summed E-state index contributed by atoms with van der Waals surface area (Å²) in [4.78, 5) is 14.0. The second kappa shape index (κ2) is 5.88. The van der Waals surface area contributed by atoms with Crippen LogP contribution >= 0.6 is 11.6 Å². The molecule has 1 fully saturated rings. The maximum atomic E-state index is 13.6. The standard InChI is InChI=1S/C14H17ClFNO2/c1-9-6-12(15)11(7-13(9)16)14(19)17-5-3-2-4-10(17)8-18/h6-7,10,18H,2-5,8H2,1H3. The molecule has 2 rings (SSSR count). The van der Waals surface area contributed by atoms with Crippen LogP contribution in [-0.4, -0.2) is 35.1 Å². The fraction of sp³-hybridized carbons (Fsp3) is 0.500. The number of nitrogens with zero attached hydrogens (tertiary/aromatic N) is 1. The zero-order valence-electron chi connectivity index (χ0n) is 10.8. The van der Waals surface area contributed by atoms with Crippen LogP contribution in [0.1, 0.15) is 35.2 Å². The van der Waals surface area contributed by atoms with E-state index in [4.69, 9.17) is 11.6 Å². The molecule has 3 nitrogen and oxygen atoms in total. The second-order valence-corrected chi connectivity index (χ2v) is 5.32. The van der Waals surface area contributed by atoms with Gasteiger partial charge in [-0.25, -0.2) is 4.39 Å². The van der Waals surface area contributed by atoms with Crippen molar-refractivity contribution in [1.29, 1.82) is 0 Å². The van der Waals surface area contributed by atoms with Crippen LogP contribution in [0.25, 0.3) is 0 Å². The molecule has 0 bridgehead atoms. The lowest BCUT2D eigenvalue weighted by atomic mass is 10.0. The molecule has 1 N–H and O–H groups in total. The van der Waals surface area contributed by atoms with Crippen LogP contribution in [0.5, 0.6) is 0 Å². The summed E-state index contributed by atoms with van der Waals surface area (Å²) in [5.41, 5.74) is 0.587. The van der Waals surface area contributed by atoms with Gasteiger partial charge in [-0.3, -0.25) is 4.79 Å². The lowest BCUT2D eigenvalue weighted by molar-refractivity contribution is 0.0503. The van der Waals surface area contributed by atoms with Crippen molar-refractivity contribution in [3.05, 3.63) is 34.1 Å². The Morgan fingerprint density at radius 2 is 2.26 bits per heavy atom. The van der Waals surface area contributed by atoms with Gasteiger partial charge < -0.3 is 10.0 Å². The normalized spacial score (nSPS) is 19.6. The molecule has 0 spiro atoms. The molecular formula is C14H17ClFNO2. The Labute approximate surface area is 117 Å². The van der Waals surface area contributed by atoms with Gasteiger partial charge in [-0.15, -0.1) is 0 Å². The number of carbonyl (C=O) groups is 1. The van der Waals surface area contributed by atoms with Crippen LogP contribution in [-0.2, 0) is 0 Å². The fourth-order valence-corrected chi connectivity index (χ4v) is 2.72. The summed E-state index contributed by atoms with van der Waals surface area (Å²) in [6.07, 6.45) is 2.66. The summed E-state index contributed by atoms with van der Waals surface area (Å²) in [5.74, 6) is -0.743. The van der Waals surface area contributed by atoms with Crippen molar-refractivity contribution in [3.63, 3.8) is 0 Å². The van der Waals surface area contributed by atoms with Crippen molar-refractivity contribution in [1.82, 2.24) is 4.90 Å². The molecule has 19 heavy (non-hydrogen) atoms. The van der Waals surface area contributed by atoms with E-state index in [2.05, 4.69) is 0 Å². The Hall–Kier alpha value is -1.13. The highest BCUT2D eigenvalue weighted by molar-refractivity contribution is 6.33. The molecule has 1 saturated heterocycles. The first kappa shape index (κ1) is 14.3. The number of amides is 1. The van der Waals surface area contributed by atoms with Crippen molar-refractivity contribution in [2.45, 2.75) is 32.2 Å². The molecule has 104 valence electrons. The Morgan fingerprint density at radius 3 is 2.95 bits per heavy atom. The van der Waals surface area contributed by atoms with Gasteiger partial charge in [-0.05, 0) is 43.9 Å². The molecule has 5 heteroatoms. The number of benzene rings is 1. The molecule has 1 heterocycles. The quantitative estimate of drug-likeness (QED) is 0.908. The third-order valence-electron chi connectivity index (χ3n) is 3.58. The van der Waals surface area contributed by atoms with Gasteiger partial charge in [0.2, 0.25) is 0 Å². The molecule has 0 aliphatic carbocycles. The van der Waals surface area contributed by atoms with Crippen molar-refractivity contribution in [2.75, 3.05) is 13.2 Å². The van der Waals surface area contributed by atoms with Crippen LogP contribution in [0.3, 0.4) is 0 Å². The molecule has 1 atom stereocenters. The van der Waals surface area contributed by atoms with Crippen LogP contribution in [0.2, 0.25) is 5.02 Å². The SMILES string of the molecule is Cc1cc(Cl)c(C(=O)N2CCCCC2CO)cc1F. The van der Waals surface area contributed by atoms with Gasteiger partial charge in [0.25, 0.3) is 5.91 Å². The minimum Gasteiger partial charge on any atom is -0.394 e. The highest BCUT2D eigenvalue weighted by Crippen LogP contribution is 2.25. The number of hydrogen-bond acceptors (Lipinski definition) is 2. The molecule has 1 unspecified atom stereocenters. The van der Waals surface area contributed by atoms with Crippen LogP contribution in [0.15, 0.2) is 12.1 Å². The Bertz CT molecular complexity index is 493. The van der Waals surface area contributed by atoms with Crippen LogP contribution < -0.4 is 0 Å². The second-order valence-electron chi connectivity index (χ2n) is 4.91. The number of aliphatic hydroxyl groups is 1. The summed E-state index contributed by atoms with van der Waals surface area (Å²) in [7, 11) is 0. The van der Waals surface area contributed by atoms with Crippen molar-refractivity contribution in [3.8, 4) is 0 Å². The summed E-state index contributed by atoms with van der Waals surface area (Å²) in [6, 6.07) is 2.45. The molecule has 0 radical (unpaired) electrons. The minimum absolute atomic E-state index is 0.0717. The van der Waals surface area contributed by atoms with E-state index in [1.54, 1.807) is 11.8 Å². The smallest absolute Gasteiger partial charge is 0.255 e. The molecular weight excluding hydrogens is 269 g/mol. The summed E-state index contributed by atoms with van der Waals surface area (Å²) in [5, 5.41) is 9.58. The number of hydrogen-bond donors (Lipinski definition) is 1. The Morgan fingerprint density at radius 1 is 1.53 bits per heavy atom. The van der Waals surface area contributed by atoms with Gasteiger partial charge in [0, 0.05) is 6.54 Å². The molecule has 1 aromatic carbocycles. The third-order valence-corrected chi connectivity index (χ3v) is 3.89. The van der Waals surface area contributed by atoms with E-state index < -0.39 is 5.82 Å². The van der Waals surface area contributed by atoms with Crippen LogP contribution in [0.4, 0.5) is 4.39 Å². The molecule has 1 aliphatic rings. The van der Waals surface area contributed by atoms with Gasteiger partial charge in [-0.2, -0.15) is 0 Å². The highest BCUT2D eigenvalue weighted by atomic mass is 35.5. The molecule has 0 aromatic heterocycles. The summed E-state index contributed by atoms with van der Waals surface area (Å²) in [6.45, 7) is 2.11. The fourth-order valence-electron chi connectivity index (χ4n) is 2.42. The highest BCUT2D eigenvalue weighted by Gasteiger charge is 2.28.